The largest absolute Gasteiger partial charge is 0.399 e. The Morgan fingerprint density at radius 2 is 2.10 bits per heavy atom. The predicted octanol–water partition coefficient (Wildman–Crippen LogP) is 0.342. The van der Waals surface area contributed by atoms with E-state index in [0.717, 1.165) is 12.3 Å². The molecule has 0 aliphatic heterocycles. The van der Waals surface area contributed by atoms with Gasteiger partial charge in [0.05, 0.1) is 10.7 Å². The van der Waals surface area contributed by atoms with Crippen LogP contribution in [-0.2, 0) is 9.84 Å². The number of sulfone groups is 1. The summed E-state index contributed by atoms with van der Waals surface area (Å²) in [5.74, 6) is -0.718. The molecule has 0 atom stereocenters. The summed E-state index contributed by atoms with van der Waals surface area (Å²) in [6.07, 6.45) is 1.33. The molecule has 0 aromatic heterocycles. The van der Waals surface area contributed by atoms with Gasteiger partial charge in [-0.15, -0.1) is 0 Å². The minimum Gasteiger partial charge on any atom is -0.399 e. The number of nitrogens with zero attached hydrogens (tertiary/aromatic N) is 1. The Morgan fingerprint density at radius 1 is 1.45 bits per heavy atom. The Labute approximate surface area is 116 Å². The Hall–Kier alpha value is -2.16. The van der Waals surface area contributed by atoms with Crippen LogP contribution in [0.3, 0.4) is 0 Å². The van der Waals surface area contributed by atoms with Crippen LogP contribution >= 0.6 is 0 Å². The standard InChI is InChI=1S/C11H15N3O5S/c1-20(18,19)6-2-5-13-11(15)9-7-8(12)3-4-10(9)14(16)17/h3-4,7H,2,5-6,12H2,1H3,(H,13,15). The van der Waals surface area contributed by atoms with Gasteiger partial charge in [-0.25, -0.2) is 8.42 Å². The van der Waals surface area contributed by atoms with Crippen molar-refractivity contribution in [2.75, 3.05) is 24.3 Å². The summed E-state index contributed by atoms with van der Waals surface area (Å²) in [5.41, 5.74) is 5.24. The summed E-state index contributed by atoms with van der Waals surface area (Å²) >= 11 is 0. The SMILES string of the molecule is CS(=O)(=O)CCCNC(=O)c1cc(N)ccc1[N+](=O)[O-]. The summed E-state index contributed by atoms with van der Waals surface area (Å²) in [7, 11) is -3.09. The summed E-state index contributed by atoms with van der Waals surface area (Å²) in [5, 5.41) is 13.2. The maximum Gasteiger partial charge on any atom is 0.282 e. The highest BCUT2D eigenvalue weighted by atomic mass is 32.2. The summed E-state index contributed by atoms with van der Waals surface area (Å²) in [6.45, 7) is 0.109. The first-order valence-electron chi connectivity index (χ1n) is 5.70. The van der Waals surface area contributed by atoms with E-state index in [1.807, 2.05) is 0 Å². The van der Waals surface area contributed by atoms with E-state index in [4.69, 9.17) is 5.73 Å². The van der Waals surface area contributed by atoms with Gasteiger partial charge >= 0.3 is 0 Å². The summed E-state index contributed by atoms with van der Waals surface area (Å²) < 4.78 is 21.8. The fourth-order valence-corrected chi connectivity index (χ4v) is 2.19. The minimum atomic E-state index is -3.09. The van der Waals surface area contributed by atoms with Gasteiger partial charge in [0.15, 0.2) is 0 Å². The number of nitrogens with one attached hydrogen (secondary N) is 1. The molecule has 110 valence electrons. The van der Waals surface area contributed by atoms with Crippen molar-refractivity contribution in [3.8, 4) is 0 Å². The zero-order valence-corrected chi connectivity index (χ0v) is 11.6. The molecule has 0 radical (unpaired) electrons. The Kier molecular flexibility index (Phi) is 5.03. The monoisotopic (exact) mass is 301 g/mol. The van der Waals surface area contributed by atoms with Crippen LogP contribution in [0.5, 0.6) is 0 Å². The van der Waals surface area contributed by atoms with Crippen LogP contribution in [0, 0.1) is 10.1 Å². The molecule has 1 aromatic carbocycles. The van der Waals surface area contributed by atoms with Crippen molar-refractivity contribution in [3.63, 3.8) is 0 Å². The molecule has 1 aromatic rings. The second-order valence-corrected chi connectivity index (χ2v) is 6.53. The minimum absolute atomic E-state index is 0.0632. The number of anilines is 1. The van der Waals surface area contributed by atoms with E-state index in [0.29, 0.717) is 0 Å². The Morgan fingerprint density at radius 3 is 2.65 bits per heavy atom. The van der Waals surface area contributed by atoms with Crippen molar-refractivity contribution in [2.45, 2.75) is 6.42 Å². The molecule has 0 unspecified atom stereocenters. The molecule has 0 saturated carbocycles. The summed E-state index contributed by atoms with van der Waals surface area (Å²) in [6, 6.07) is 3.70. The van der Waals surface area contributed by atoms with Crippen LogP contribution < -0.4 is 11.1 Å². The number of nitrogens with two attached hydrogens (primary N) is 1. The summed E-state index contributed by atoms with van der Waals surface area (Å²) in [4.78, 5) is 22.0. The van der Waals surface area contributed by atoms with Crippen molar-refractivity contribution in [1.29, 1.82) is 0 Å². The van der Waals surface area contributed by atoms with Crippen molar-refractivity contribution in [1.82, 2.24) is 5.32 Å². The zero-order chi connectivity index (χ0) is 15.3. The molecule has 0 aliphatic rings. The van der Waals surface area contributed by atoms with Gasteiger partial charge in [-0.1, -0.05) is 0 Å². The Bertz CT molecular complexity index is 627. The average Bonchev–Trinajstić information content (AvgIpc) is 2.32. The van der Waals surface area contributed by atoms with E-state index in [9.17, 15) is 23.3 Å². The first-order valence-corrected chi connectivity index (χ1v) is 7.76. The van der Waals surface area contributed by atoms with Gasteiger partial charge in [-0.2, -0.15) is 0 Å². The maximum absolute atomic E-state index is 11.8. The van der Waals surface area contributed by atoms with Crippen LogP contribution in [0.15, 0.2) is 18.2 Å². The van der Waals surface area contributed by atoms with Gasteiger partial charge < -0.3 is 11.1 Å². The molecule has 3 N–H and O–H groups in total. The van der Waals surface area contributed by atoms with Gasteiger partial charge in [0.1, 0.15) is 15.4 Å². The lowest BCUT2D eigenvalue weighted by Crippen LogP contribution is -2.26. The number of hydrogen-bond acceptors (Lipinski definition) is 6. The maximum atomic E-state index is 11.8. The van der Waals surface area contributed by atoms with Crippen LogP contribution in [0.4, 0.5) is 11.4 Å². The highest BCUT2D eigenvalue weighted by molar-refractivity contribution is 7.90. The van der Waals surface area contributed by atoms with Crippen LogP contribution in [-0.4, -0.2) is 37.8 Å². The van der Waals surface area contributed by atoms with E-state index in [2.05, 4.69) is 5.32 Å². The van der Waals surface area contributed by atoms with E-state index in [1.54, 1.807) is 0 Å². The second-order valence-electron chi connectivity index (χ2n) is 4.27. The molecule has 8 nitrogen and oxygen atoms in total. The van der Waals surface area contributed by atoms with Crippen molar-refractivity contribution >= 4 is 27.1 Å². The number of carbonyl (C=O) groups excluding carboxylic acids is 1. The number of nitrogen functional groups attached to an aromatic ring is 1. The molecular formula is C11H15N3O5S. The van der Waals surface area contributed by atoms with E-state index in [-0.39, 0.29) is 35.7 Å². The Balaban J connectivity index is 2.72. The quantitative estimate of drug-likeness (QED) is 0.337. The molecule has 9 heteroatoms. The van der Waals surface area contributed by atoms with Crippen LogP contribution in [0.1, 0.15) is 16.8 Å². The molecule has 0 saturated heterocycles. The van der Waals surface area contributed by atoms with Crippen LogP contribution in [0.2, 0.25) is 0 Å². The van der Waals surface area contributed by atoms with Crippen molar-refractivity contribution in [3.05, 3.63) is 33.9 Å². The third kappa shape index (κ3) is 4.84. The fourth-order valence-electron chi connectivity index (χ4n) is 1.53. The number of nitro groups is 1. The highest BCUT2D eigenvalue weighted by Crippen LogP contribution is 2.20. The number of hydrogen-bond donors (Lipinski definition) is 2. The third-order valence-corrected chi connectivity index (χ3v) is 3.47. The number of amides is 1. The molecule has 0 bridgehead atoms. The lowest BCUT2D eigenvalue weighted by atomic mass is 10.1. The number of nitro benzene ring substituents is 1. The average molecular weight is 301 g/mol. The lowest BCUT2D eigenvalue weighted by molar-refractivity contribution is -0.385. The zero-order valence-electron chi connectivity index (χ0n) is 10.8. The van der Waals surface area contributed by atoms with Gasteiger partial charge in [0.2, 0.25) is 0 Å². The predicted molar refractivity (Wildman–Crippen MR) is 74.2 cm³/mol. The molecule has 0 spiro atoms. The first kappa shape index (κ1) is 15.9. The van der Waals surface area contributed by atoms with E-state index in [1.165, 1.54) is 12.1 Å². The van der Waals surface area contributed by atoms with Gasteiger partial charge in [0, 0.05) is 24.6 Å². The van der Waals surface area contributed by atoms with Crippen molar-refractivity contribution in [2.24, 2.45) is 0 Å². The van der Waals surface area contributed by atoms with Crippen molar-refractivity contribution < 1.29 is 18.1 Å². The van der Waals surface area contributed by atoms with Gasteiger partial charge in [-0.3, -0.25) is 14.9 Å². The fraction of sp³-hybridized carbons (Fsp3) is 0.364. The highest BCUT2D eigenvalue weighted by Gasteiger charge is 2.19. The van der Waals surface area contributed by atoms with E-state index < -0.39 is 20.7 Å². The van der Waals surface area contributed by atoms with Gasteiger partial charge in [-0.05, 0) is 18.6 Å². The number of rotatable bonds is 6. The second kappa shape index (κ2) is 6.33. The molecule has 0 heterocycles. The molecule has 20 heavy (non-hydrogen) atoms. The van der Waals surface area contributed by atoms with Gasteiger partial charge in [0.25, 0.3) is 11.6 Å². The van der Waals surface area contributed by atoms with Crippen LogP contribution in [0.25, 0.3) is 0 Å². The first-order chi connectivity index (χ1) is 9.20. The molecule has 1 amide bonds. The normalized spacial score (nSPS) is 11.1. The number of carbonyl (C=O) groups is 1. The molecule has 0 aliphatic carbocycles. The topological polar surface area (TPSA) is 132 Å². The number of benzene rings is 1. The van der Waals surface area contributed by atoms with E-state index >= 15 is 0 Å². The molecule has 1 rings (SSSR count). The molecular weight excluding hydrogens is 286 g/mol. The smallest absolute Gasteiger partial charge is 0.282 e. The molecule has 0 fully saturated rings. The lowest BCUT2D eigenvalue weighted by Gasteiger charge is -2.06. The third-order valence-electron chi connectivity index (χ3n) is 2.44.